The fraction of sp³-hybridized carbons (Fsp3) is 0.500. The molecule has 0 spiro atoms. The Hall–Kier alpha value is -1.47. The summed E-state index contributed by atoms with van der Waals surface area (Å²) in [5.74, 6) is 0.764. The maximum Gasteiger partial charge on any atom is 0.277 e. The summed E-state index contributed by atoms with van der Waals surface area (Å²) in [5.41, 5.74) is -0.104. The van der Waals surface area contributed by atoms with Crippen LogP contribution in [0.25, 0.3) is 4.96 Å². The van der Waals surface area contributed by atoms with Gasteiger partial charge in [-0.25, -0.2) is 4.98 Å². The van der Waals surface area contributed by atoms with Crippen LogP contribution in [0.2, 0.25) is 0 Å². The van der Waals surface area contributed by atoms with Crippen molar-refractivity contribution in [1.29, 1.82) is 0 Å². The van der Waals surface area contributed by atoms with E-state index in [0.29, 0.717) is 4.96 Å². The lowest BCUT2D eigenvalue weighted by Gasteiger charge is -2.27. The van der Waals surface area contributed by atoms with E-state index < -0.39 is 0 Å². The SMILES string of the molecule is Cc1nn2c(=O)cc(N3CCNCC3)nc2s1. The lowest BCUT2D eigenvalue weighted by atomic mass is 10.3. The van der Waals surface area contributed by atoms with Gasteiger partial charge < -0.3 is 10.2 Å². The molecule has 90 valence electrons. The molecule has 17 heavy (non-hydrogen) atoms. The smallest absolute Gasteiger partial charge is 0.277 e. The van der Waals surface area contributed by atoms with E-state index in [0.717, 1.165) is 37.0 Å². The Morgan fingerprint density at radius 1 is 1.41 bits per heavy atom. The van der Waals surface area contributed by atoms with Crippen LogP contribution in [0.1, 0.15) is 5.01 Å². The largest absolute Gasteiger partial charge is 0.354 e. The van der Waals surface area contributed by atoms with E-state index in [2.05, 4.69) is 20.3 Å². The number of fused-ring (bicyclic) bond motifs is 1. The molecule has 3 rings (SSSR count). The minimum Gasteiger partial charge on any atom is -0.354 e. The molecule has 1 saturated heterocycles. The summed E-state index contributed by atoms with van der Waals surface area (Å²) in [6, 6.07) is 1.57. The van der Waals surface area contributed by atoms with Crippen LogP contribution in [0.4, 0.5) is 5.82 Å². The van der Waals surface area contributed by atoms with Gasteiger partial charge in [0.05, 0.1) is 0 Å². The van der Waals surface area contributed by atoms with Crippen molar-refractivity contribution in [3.63, 3.8) is 0 Å². The van der Waals surface area contributed by atoms with Gasteiger partial charge >= 0.3 is 0 Å². The molecule has 0 atom stereocenters. The number of nitrogens with zero attached hydrogens (tertiary/aromatic N) is 4. The Morgan fingerprint density at radius 3 is 2.94 bits per heavy atom. The zero-order valence-corrected chi connectivity index (χ0v) is 10.3. The highest BCUT2D eigenvalue weighted by molar-refractivity contribution is 7.16. The summed E-state index contributed by atoms with van der Waals surface area (Å²) < 4.78 is 1.37. The zero-order valence-electron chi connectivity index (χ0n) is 9.51. The molecule has 1 aliphatic rings. The standard InChI is InChI=1S/C10H13N5OS/c1-7-13-15-9(16)6-8(12-10(15)17-7)14-4-2-11-3-5-14/h6,11H,2-5H2,1H3. The number of aromatic nitrogens is 3. The van der Waals surface area contributed by atoms with E-state index in [9.17, 15) is 4.79 Å². The first-order chi connectivity index (χ1) is 8.24. The number of hydrogen-bond donors (Lipinski definition) is 1. The van der Waals surface area contributed by atoms with E-state index in [1.54, 1.807) is 6.07 Å². The second kappa shape index (κ2) is 4.08. The van der Waals surface area contributed by atoms with Crippen LogP contribution in [0.15, 0.2) is 10.9 Å². The molecule has 6 nitrogen and oxygen atoms in total. The van der Waals surface area contributed by atoms with Crippen molar-refractivity contribution < 1.29 is 0 Å². The summed E-state index contributed by atoms with van der Waals surface area (Å²) in [4.78, 5) is 19.2. The lowest BCUT2D eigenvalue weighted by molar-refractivity contribution is 0.584. The topological polar surface area (TPSA) is 62.5 Å². The molecule has 0 bridgehead atoms. The fourth-order valence-electron chi connectivity index (χ4n) is 1.95. The predicted molar refractivity (Wildman–Crippen MR) is 67.0 cm³/mol. The summed E-state index contributed by atoms with van der Waals surface area (Å²) >= 11 is 1.44. The molecule has 0 unspecified atom stereocenters. The van der Waals surface area contributed by atoms with Gasteiger partial charge in [0.15, 0.2) is 0 Å². The number of piperazine rings is 1. The van der Waals surface area contributed by atoms with Crippen molar-refractivity contribution in [3.05, 3.63) is 21.4 Å². The van der Waals surface area contributed by atoms with Gasteiger partial charge in [-0.3, -0.25) is 4.79 Å². The highest BCUT2D eigenvalue weighted by Gasteiger charge is 2.14. The lowest BCUT2D eigenvalue weighted by Crippen LogP contribution is -2.44. The number of rotatable bonds is 1. The minimum absolute atomic E-state index is 0.104. The van der Waals surface area contributed by atoms with Crippen molar-refractivity contribution in [2.75, 3.05) is 31.1 Å². The number of anilines is 1. The highest BCUT2D eigenvalue weighted by atomic mass is 32.1. The summed E-state index contributed by atoms with van der Waals surface area (Å²) in [5, 5.41) is 8.26. The van der Waals surface area contributed by atoms with Crippen LogP contribution < -0.4 is 15.8 Å². The number of hydrogen-bond acceptors (Lipinski definition) is 6. The Labute approximate surface area is 102 Å². The van der Waals surface area contributed by atoms with Crippen molar-refractivity contribution in [2.24, 2.45) is 0 Å². The average molecular weight is 251 g/mol. The van der Waals surface area contributed by atoms with E-state index in [4.69, 9.17) is 0 Å². The van der Waals surface area contributed by atoms with Gasteiger partial charge in [-0.1, -0.05) is 11.3 Å². The van der Waals surface area contributed by atoms with Crippen molar-refractivity contribution in [3.8, 4) is 0 Å². The third-order valence-corrected chi connectivity index (χ3v) is 3.60. The molecule has 1 fully saturated rings. The maximum atomic E-state index is 11.9. The van der Waals surface area contributed by atoms with E-state index in [1.165, 1.54) is 15.9 Å². The first kappa shape index (κ1) is 10.7. The van der Waals surface area contributed by atoms with E-state index in [1.807, 2.05) is 6.92 Å². The quantitative estimate of drug-likeness (QED) is 0.765. The average Bonchev–Trinajstić information content (AvgIpc) is 2.71. The molecule has 7 heteroatoms. The second-order valence-electron chi connectivity index (χ2n) is 4.01. The van der Waals surface area contributed by atoms with Gasteiger partial charge in [0.25, 0.3) is 5.56 Å². The Bertz CT molecular complexity index is 598. The molecule has 0 aliphatic carbocycles. The van der Waals surface area contributed by atoms with Gasteiger partial charge in [-0.2, -0.15) is 9.61 Å². The summed E-state index contributed by atoms with van der Waals surface area (Å²) in [6.45, 7) is 5.52. The van der Waals surface area contributed by atoms with Crippen LogP contribution in [0.5, 0.6) is 0 Å². The van der Waals surface area contributed by atoms with Gasteiger partial charge in [-0.15, -0.1) is 0 Å². The molecule has 0 aromatic carbocycles. The molecule has 2 aromatic heterocycles. The molecule has 1 aliphatic heterocycles. The molecule has 2 aromatic rings. The predicted octanol–water partition coefficient (Wildman–Crippen LogP) is -0.131. The van der Waals surface area contributed by atoms with Gasteiger partial charge in [-0.05, 0) is 6.92 Å². The van der Waals surface area contributed by atoms with Crippen molar-refractivity contribution in [1.82, 2.24) is 19.9 Å². The first-order valence-corrected chi connectivity index (χ1v) is 6.39. The van der Waals surface area contributed by atoms with Gasteiger partial charge in [0, 0.05) is 32.2 Å². The third kappa shape index (κ3) is 1.91. The molecule has 0 saturated carbocycles. The highest BCUT2D eigenvalue weighted by Crippen LogP contribution is 2.14. The Balaban J connectivity index is 2.08. The van der Waals surface area contributed by atoms with Crippen LogP contribution in [-0.4, -0.2) is 40.8 Å². The van der Waals surface area contributed by atoms with Crippen molar-refractivity contribution in [2.45, 2.75) is 6.92 Å². The minimum atomic E-state index is -0.104. The van der Waals surface area contributed by atoms with E-state index in [-0.39, 0.29) is 5.56 Å². The molecule has 1 N–H and O–H groups in total. The molecular weight excluding hydrogens is 238 g/mol. The maximum absolute atomic E-state index is 11.9. The Morgan fingerprint density at radius 2 is 2.18 bits per heavy atom. The molecule has 0 amide bonds. The van der Waals surface area contributed by atoms with Crippen LogP contribution in [-0.2, 0) is 0 Å². The normalized spacial score (nSPS) is 16.6. The monoisotopic (exact) mass is 251 g/mol. The van der Waals surface area contributed by atoms with Gasteiger partial charge in [0.1, 0.15) is 10.8 Å². The Kier molecular flexibility index (Phi) is 2.56. The van der Waals surface area contributed by atoms with Crippen LogP contribution >= 0.6 is 11.3 Å². The molecular formula is C10H13N5OS. The van der Waals surface area contributed by atoms with Gasteiger partial charge in [0.2, 0.25) is 4.96 Å². The number of aryl methyl sites for hydroxylation is 1. The summed E-state index contributed by atoms with van der Waals surface area (Å²) in [6.07, 6.45) is 0. The molecule has 0 radical (unpaired) electrons. The molecule has 3 heterocycles. The van der Waals surface area contributed by atoms with E-state index >= 15 is 0 Å². The first-order valence-electron chi connectivity index (χ1n) is 5.57. The second-order valence-corrected chi connectivity index (χ2v) is 5.17. The zero-order chi connectivity index (χ0) is 11.8. The van der Waals surface area contributed by atoms with Crippen LogP contribution in [0, 0.1) is 6.92 Å². The fourth-order valence-corrected chi connectivity index (χ4v) is 2.69. The third-order valence-electron chi connectivity index (χ3n) is 2.77. The van der Waals surface area contributed by atoms with Crippen molar-refractivity contribution >= 4 is 22.1 Å². The number of nitrogens with one attached hydrogen (secondary N) is 1. The summed E-state index contributed by atoms with van der Waals surface area (Å²) in [7, 11) is 0. The van der Waals surface area contributed by atoms with Crippen LogP contribution in [0.3, 0.4) is 0 Å².